The smallest absolute Gasteiger partial charge is 0.101 e. The van der Waals surface area contributed by atoms with Crippen molar-refractivity contribution in [2.75, 3.05) is 26.2 Å². The number of hydrogen-bond donors (Lipinski definition) is 0. The maximum atomic E-state index is 2.51. The van der Waals surface area contributed by atoms with Gasteiger partial charge in [0.1, 0.15) is 6.54 Å². The zero-order valence-corrected chi connectivity index (χ0v) is 11.2. The van der Waals surface area contributed by atoms with Gasteiger partial charge in [0.15, 0.2) is 0 Å². The first-order valence-corrected chi connectivity index (χ1v) is 7.42. The van der Waals surface area contributed by atoms with Crippen molar-refractivity contribution in [1.82, 2.24) is 0 Å². The molecule has 0 saturated carbocycles. The van der Waals surface area contributed by atoms with Crippen LogP contribution >= 0.6 is 0 Å². The Morgan fingerprint density at radius 2 is 1.89 bits per heavy atom. The Labute approximate surface area is 110 Å². The molecule has 1 aromatic rings. The molecular formula is C17H22N+. The molecule has 1 aromatic carbocycles. The minimum absolute atomic E-state index is 0.722. The van der Waals surface area contributed by atoms with E-state index in [4.69, 9.17) is 0 Å². The van der Waals surface area contributed by atoms with E-state index in [2.05, 4.69) is 37.3 Å². The first kappa shape index (κ1) is 10.8. The maximum absolute atomic E-state index is 2.51. The topological polar surface area (TPSA) is 0 Å². The third kappa shape index (κ3) is 1.43. The van der Waals surface area contributed by atoms with Gasteiger partial charge in [-0.05, 0) is 28.7 Å². The van der Waals surface area contributed by atoms with Gasteiger partial charge >= 0.3 is 0 Å². The minimum atomic E-state index is 0.722. The van der Waals surface area contributed by atoms with Gasteiger partial charge in [0.2, 0.25) is 0 Å². The van der Waals surface area contributed by atoms with Gasteiger partial charge in [-0.3, -0.25) is 0 Å². The summed E-state index contributed by atoms with van der Waals surface area (Å²) in [5, 5.41) is 0. The van der Waals surface area contributed by atoms with E-state index < -0.39 is 0 Å². The van der Waals surface area contributed by atoms with Crippen LogP contribution in [0, 0.1) is 5.92 Å². The summed E-state index contributed by atoms with van der Waals surface area (Å²) >= 11 is 0. The van der Waals surface area contributed by atoms with E-state index in [0.29, 0.717) is 0 Å². The Morgan fingerprint density at radius 3 is 2.72 bits per heavy atom. The van der Waals surface area contributed by atoms with Crippen LogP contribution in [-0.2, 0) is 0 Å². The van der Waals surface area contributed by atoms with Crippen LogP contribution in [0.5, 0.6) is 0 Å². The fourth-order valence-electron chi connectivity index (χ4n) is 4.56. The van der Waals surface area contributed by atoms with Crippen LogP contribution in [0.4, 0.5) is 0 Å². The van der Waals surface area contributed by atoms with Crippen LogP contribution in [0.15, 0.2) is 29.8 Å². The quantitative estimate of drug-likeness (QED) is 0.610. The molecule has 0 N–H and O–H groups in total. The molecule has 18 heavy (non-hydrogen) atoms. The maximum Gasteiger partial charge on any atom is 0.101 e. The second kappa shape index (κ2) is 3.71. The summed E-state index contributed by atoms with van der Waals surface area (Å²) in [4.78, 5) is 0. The highest BCUT2D eigenvalue weighted by Gasteiger charge is 2.46. The lowest BCUT2D eigenvalue weighted by molar-refractivity contribution is -0.904. The summed E-state index contributed by atoms with van der Waals surface area (Å²) in [6.45, 7) is 8.03. The molecule has 1 nitrogen and oxygen atoms in total. The van der Waals surface area contributed by atoms with Gasteiger partial charge in [-0.15, -0.1) is 0 Å². The molecule has 1 spiro atoms. The van der Waals surface area contributed by atoms with E-state index >= 15 is 0 Å². The molecule has 94 valence electrons. The normalized spacial score (nSPS) is 32.2. The highest BCUT2D eigenvalue weighted by molar-refractivity contribution is 5.62. The molecule has 0 amide bonds. The van der Waals surface area contributed by atoms with Crippen LogP contribution in [0.2, 0.25) is 0 Å². The number of hydrogen-bond acceptors (Lipinski definition) is 0. The summed E-state index contributed by atoms with van der Waals surface area (Å²) in [5.74, 6) is 1.54. The van der Waals surface area contributed by atoms with Crippen molar-refractivity contribution in [3.8, 4) is 0 Å². The summed E-state index contributed by atoms with van der Waals surface area (Å²) in [7, 11) is 0. The van der Waals surface area contributed by atoms with E-state index in [1.165, 1.54) is 49.1 Å². The van der Waals surface area contributed by atoms with Crippen LogP contribution in [0.3, 0.4) is 0 Å². The van der Waals surface area contributed by atoms with Gasteiger partial charge in [0, 0.05) is 18.8 Å². The van der Waals surface area contributed by atoms with Gasteiger partial charge in [0.05, 0.1) is 19.6 Å². The highest BCUT2D eigenvalue weighted by atomic mass is 15.4. The Morgan fingerprint density at radius 1 is 1.11 bits per heavy atom. The molecule has 2 heterocycles. The van der Waals surface area contributed by atoms with Crippen LogP contribution in [0.25, 0.3) is 6.08 Å². The Bertz CT molecular complexity index is 508. The molecule has 2 atom stereocenters. The first-order chi connectivity index (χ1) is 8.77. The fraction of sp³-hybridized carbons (Fsp3) is 0.529. The molecular weight excluding hydrogens is 218 g/mol. The standard InChI is InChI=1S/C17H22N/c1-13-16-7-3-2-6-14(16)10-15-11-18(12-17(13)15)8-4-5-9-18/h2-3,6-7,10,13,17H,4-5,8-9,11-12H2,1H3/q+1. The van der Waals surface area contributed by atoms with Crippen molar-refractivity contribution >= 4 is 6.08 Å². The average Bonchev–Trinajstić information content (AvgIpc) is 2.97. The van der Waals surface area contributed by atoms with Crippen molar-refractivity contribution in [1.29, 1.82) is 0 Å². The van der Waals surface area contributed by atoms with Gasteiger partial charge in [-0.2, -0.15) is 0 Å². The molecule has 0 radical (unpaired) electrons. The molecule has 0 bridgehead atoms. The molecule has 2 unspecified atom stereocenters. The van der Waals surface area contributed by atoms with Gasteiger partial charge < -0.3 is 4.48 Å². The Balaban J connectivity index is 1.75. The van der Waals surface area contributed by atoms with Crippen LogP contribution in [-0.4, -0.2) is 30.7 Å². The van der Waals surface area contributed by atoms with E-state index in [0.717, 1.165) is 11.8 Å². The molecule has 3 aliphatic rings. The van der Waals surface area contributed by atoms with Gasteiger partial charge in [-0.1, -0.05) is 31.2 Å². The zero-order valence-electron chi connectivity index (χ0n) is 11.2. The molecule has 2 fully saturated rings. The summed E-state index contributed by atoms with van der Waals surface area (Å²) < 4.78 is 1.40. The second-order valence-corrected chi connectivity index (χ2v) is 6.58. The fourth-order valence-corrected chi connectivity index (χ4v) is 4.56. The van der Waals surface area contributed by atoms with E-state index in [9.17, 15) is 0 Å². The third-order valence-electron chi connectivity index (χ3n) is 5.52. The molecule has 2 aliphatic heterocycles. The molecule has 1 aliphatic carbocycles. The average molecular weight is 240 g/mol. The van der Waals surface area contributed by atoms with Crippen LogP contribution in [0.1, 0.15) is 36.8 Å². The van der Waals surface area contributed by atoms with Crippen molar-refractivity contribution in [2.24, 2.45) is 5.92 Å². The summed E-state index contributed by atoms with van der Waals surface area (Å²) in [6.07, 6.45) is 5.40. The Kier molecular flexibility index (Phi) is 2.23. The van der Waals surface area contributed by atoms with Crippen molar-refractivity contribution in [3.63, 3.8) is 0 Å². The number of benzene rings is 1. The van der Waals surface area contributed by atoms with Gasteiger partial charge in [-0.25, -0.2) is 0 Å². The Hall–Kier alpha value is -1.08. The van der Waals surface area contributed by atoms with Gasteiger partial charge in [0.25, 0.3) is 0 Å². The number of rotatable bonds is 0. The number of nitrogens with zero attached hydrogens (tertiary/aromatic N) is 1. The monoisotopic (exact) mass is 240 g/mol. The lowest BCUT2D eigenvalue weighted by atomic mass is 9.77. The third-order valence-corrected chi connectivity index (χ3v) is 5.52. The molecule has 0 aromatic heterocycles. The molecule has 4 rings (SSSR count). The lowest BCUT2D eigenvalue weighted by Crippen LogP contribution is -2.43. The molecule has 2 saturated heterocycles. The summed E-state index contributed by atoms with van der Waals surface area (Å²) in [5.41, 5.74) is 4.80. The minimum Gasteiger partial charge on any atom is -0.320 e. The first-order valence-electron chi connectivity index (χ1n) is 7.42. The van der Waals surface area contributed by atoms with E-state index in [1.807, 2.05) is 0 Å². The lowest BCUT2D eigenvalue weighted by Gasteiger charge is -2.29. The number of quaternary nitrogens is 1. The van der Waals surface area contributed by atoms with Crippen molar-refractivity contribution < 1.29 is 4.48 Å². The van der Waals surface area contributed by atoms with Crippen molar-refractivity contribution in [2.45, 2.75) is 25.7 Å². The largest absolute Gasteiger partial charge is 0.320 e. The zero-order chi connectivity index (χ0) is 12.2. The highest BCUT2D eigenvalue weighted by Crippen LogP contribution is 2.45. The summed E-state index contributed by atoms with van der Waals surface area (Å²) in [6, 6.07) is 9.00. The van der Waals surface area contributed by atoms with E-state index in [-0.39, 0.29) is 0 Å². The van der Waals surface area contributed by atoms with E-state index in [1.54, 1.807) is 11.1 Å². The second-order valence-electron chi connectivity index (χ2n) is 6.58. The molecule has 1 heteroatoms. The van der Waals surface area contributed by atoms with Crippen molar-refractivity contribution in [3.05, 3.63) is 41.0 Å². The predicted molar refractivity (Wildman–Crippen MR) is 75.3 cm³/mol. The SMILES string of the molecule is CC1c2ccccc2C=C2C[N+]3(CCCC3)CC21. The predicted octanol–water partition coefficient (Wildman–Crippen LogP) is 3.43. The number of fused-ring (bicyclic) bond motifs is 2. The van der Waals surface area contributed by atoms with Crippen LogP contribution < -0.4 is 0 Å².